The highest BCUT2D eigenvalue weighted by molar-refractivity contribution is 5.78. The zero-order valence-electron chi connectivity index (χ0n) is 11.2. The average Bonchev–Trinajstić information content (AvgIpc) is 2.38. The fourth-order valence-electron chi connectivity index (χ4n) is 2.13. The van der Waals surface area contributed by atoms with Crippen LogP contribution in [0.15, 0.2) is 0 Å². The van der Waals surface area contributed by atoms with Crippen LogP contribution in [0, 0.1) is 17.2 Å². The van der Waals surface area contributed by atoms with Gasteiger partial charge in [-0.3, -0.25) is 4.79 Å². The quantitative estimate of drug-likeness (QED) is 0.724. The van der Waals surface area contributed by atoms with Crippen molar-refractivity contribution in [3.8, 4) is 6.07 Å². The van der Waals surface area contributed by atoms with Gasteiger partial charge < -0.3 is 14.8 Å². The van der Waals surface area contributed by atoms with Gasteiger partial charge in [-0.05, 0) is 31.6 Å². The molecule has 1 N–H and O–H groups in total. The van der Waals surface area contributed by atoms with Crippen molar-refractivity contribution in [3.05, 3.63) is 0 Å². The normalized spacial score (nSPS) is 27.5. The van der Waals surface area contributed by atoms with E-state index < -0.39 is 5.54 Å². The molecule has 1 fully saturated rings. The fourth-order valence-corrected chi connectivity index (χ4v) is 2.13. The summed E-state index contributed by atoms with van der Waals surface area (Å²) in [5.41, 5.74) is -0.686. The summed E-state index contributed by atoms with van der Waals surface area (Å²) in [6.45, 7) is 3.02. The monoisotopic (exact) mass is 254 g/mol. The molecular formula is C13H22N2O3. The lowest BCUT2D eigenvalue weighted by molar-refractivity contribution is -0.127. The third kappa shape index (κ3) is 4.63. The molecule has 0 bridgehead atoms. The van der Waals surface area contributed by atoms with Crippen molar-refractivity contribution in [2.24, 2.45) is 5.92 Å². The molecule has 0 unspecified atom stereocenters. The van der Waals surface area contributed by atoms with E-state index in [0.29, 0.717) is 19.1 Å². The van der Waals surface area contributed by atoms with Crippen LogP contribution in [0.1, 0.15) is 32.6 Å². The number of rotatable bonds is 6. The van der Waals surface area contributed by atoms with Crippen LogP contribution in [0.5, 0.6) is 0 Å². The van der Waals surface area contributed by atoms with E-state index in [4.69, 9.17) is 9.47 Å². The minimum Gasteiger partial charge on any atom is -0.382 e. The zero-order chi connectivity index (χ0) is 13.4. The molecule has 1 amide bonds. The molecular weight excluding hydrogens is 232 g/mol. The van der Waals surface area contributed by atoms with E-state index in [1.54, 1.807) is 7.11 Å². The topological polar surface area (TPSA) is 71.3 Å². The molecule has 0 aromatic heterocycles. The third-order valence-corrected chi connectivity index (χ3v) is 3.39. The molecule has 0 saturated heterocycles. The molecule has 18 heavy (non-hydrogen) atoms. The number of hydrogen-bond acceptors (Lipinski definition) is 4. The molecule has 0 aliphatic heterocycles. The molecule has 0 aromatic rings. The summed E-state index contributed by atoms with van der Waals surface area (Å²) in [6.07, 6.45) is 3.43. The largest absolute Gasteiger partial charge is 0.382 e. The predicted octanol–water partition coefficient (Wildman–Crippen LogP) is 1.24. The van der Waals surface area contributed by atoms with E-state index in [1.165, 1.54) is 0 Å². The van der Waals surface area contributed by atoms with Crippen molar-refractivity contribution in [3.63, 3.8) is 0 Å². The van der Waals surface area contributed by atoms with Crippen molar-refractivity contribution in [1.82, 2.24) is 5.32 Å². The van der Waals surface area contributed by atoms with Crippen LogP contribution in [0.2, 0.25) is 0 Å². The Balaban J connectivity index is 2.34. The van der Waals surface area contributed by atoms with Gasteiger partial charge in [0.15, 0.2) is 0 Å². The number of nitrogens with one attached hydrogen (secondary N) is 1. The van der Waals surface area contributed by atoms with Crippen LogP contribution in [0.3, 0.4) is 0 Å². The number of nitrogens with zero attached hydrogens (tertiary/aromatic N) is 1. The van der Waals surface area contributed by atoms with Gasteiger partial charge in [-0.2, -0.15) is 5.26 Å². The summed E-state index contributed by atoms with van der Waals surface area (Å²) in [4.78, 5) is 11.7. The van der Waals surface area contributed by atoms with Crippen LogP contribution >= 0.6 is 0 Å². The highest BCUT2D eigenvalue weighted by atomic mass is 16.5. The van der Waals surface area contributed by atoms with Crippen molar-refractivity contribution in [2.45, 2.75) is 38.1 Å². The van der Waals surface area contributed by atoms with Crippen LogP contribution in [-0.4, -0.2) is 38.4 Å². The molecule has 102 valence electrons. The fraction of sp³-hybridized carbons (Fsp3) is 0.846. The Hall–Kier alpha value is -1.12. The number of methoxy groups -OCH3 is 1. The third-order valence-electron chi connectivity index (χ3n) is 3.39. The summed E-state index contributed by atoms with van der Waals surface area (Å²) in [5, 5.41) is 12.1. The Kier molecular flexibility index (Phi) is 6.10. The van der Waals surface area contributed by atoms with Gasteiger partial charge in [0.25, 0.3) is 0 Å². The van der Waals surface area contributed by atoms with E-state index in [0.717, 1.165) is 25.7 Å². The van der Waals surface area contributed by atoms with Crippen molar-refractivity contribution in [2.75, 3.05) is 26.9 Å². The van der Waals surface area contributed by atoms with Gasteiger partial charge in [0.1, 0.15) is 12.1 Å². The Morgan fingerprint density at radius 2 is 2.11 bits per heavy atom. The lowest BCUT2D eigenvalue weighted by Crippen LogP contribution is -2.50. The van der Waals surface area contributed by atoms with Gasteiger partial charge in [0.05, 0.1) is 19.3 Å². The van der Waals surface area contributed by atoms with Crippen molar-refractivity contribution in [1.29, 1.82) is 5.26 Å². The first-order valence-electron chi connectivity index (χ1n) is 6.41. The summed E-state index contributed by atoms with van der Waals surface area (Å²) in [6, 6.07) is 2.26. The minimum atomic E-state index is -0.686. The van der Waals surface area contributed by atoms with Crippen LogP contribution in [-0.2, 0) is 14.3 Å². The Bertz CT molecular complexity index is 304. The maximum atomic E-state index is 11.7. The van der Waals surface area contributed by atoms with Crippen molar-refractivity contribution >= 4 is 5.91 Å². The second kappa shape index (κ2) is 7.34. The zero-order valence-corrected chi connectivity index (χ0v) is 11.2. The number of amides is 1. The molecule has 1 rings (SSSR count). The van der Waals surface area contributed by atoms with Gasteiger partial charge in [-0.25, -0.2) is 0 Å². The molecule has 0 radical (unpaired) electrons. The molecule has 5 heteroatoms. The van der Waals surface area contributed by atoms with Crippen LogP contribution in [0.4, 0.5) is 0 Å². The molecule has 1 aliphatic rings. The maximum Gasteiger partial charge on any atom is 0.247 e. The summed E-state index contributed by atoms with van der Waals surface area (Å²) in [7, 11) is 1.58. The second-order valence-corrected chi connectivity index (χ2v) is 4.97. The molecule has 1 aliphatic carbocycles. The Morgan fingerprint density at radius 3 is 2.67 bits per heavy atom. The predicted molar refractivity (Wildman–Crippen MR) is 66.8 cm³/mol. The highest BCUT2D eigenvalue weighted by Crippen LogP contribution is 2.31. The summed E-state index contributed by atoms with van der Waals surface area (Å²) >= 11 is 0. The molecule has 5 nitrogen and oxygen atoms in total. The number of ether oxygens (including phenoxy) is 2. The summed E-state index contributed by atoms with van der Waals surface area (Å²) < 4.78 is 9.96. The minimum absolute atomic E-state index is 0.0116. The smallest absolute Gasteiger partial charge is 0.247 e. The van der Waals surface area contributed by atoms with Gasteiger partial charge in [-0.15, -0.1) is 0 Å². The summed E-state index contributed by atoms with van der Waals surface area (Å²) in [5.74, 6) is 0.420. The first-order valence-corrected chi connectivity index (χ1v) is 6.41. The van der Waals surface area contributed by atoms with E-state index in [-0.39, 0.29) is 12.5 Å². The lowest BCUT2D eigenvalue weighted by atomic mass is 9.78. The van der Waals surface area contributed by atoms with E-state index >= 15 is 0 Å². The number of hydrogen-bond donors (Lipinski definition) is 1. The first kappa shape index (κ1) is 14.9. The van der Waals surface area contributed by atoms with E-state index in [1.807, 2.05) is 0 Å². The molecule has 0 atom stereocenters. The van der Waals surface area contributed by atoms with Gasteiger partial charge >= 0.3 is 0 Å². The maximum absolute atomic E-state index is 11.7. The standard InChI is InChI=1S/C13H22N2O3/c1-11-3-5-13(10-14,6-4-11)15-12(16)9-18-8-7-17-2/h11H,3-9H2,1-2H3,(H,15,16). The van der Waals surface area contributed by atoms with Gasteiger partial charge in [-0.1, -0.05) is 6.92 Å². The van der Waals surface area contributed by atoms with Gasteiger partial charge in [0, 0.05) is 7.11 Å². The molecule has 0 heterocycles. The van der Waals surface area contributed by atoms with Crippen LogP contribution < -0.4 is 5.32 Å². The lowest BCUT2D eigenvalue weighted by Gasteiger charge is -2.34. The number of nitriles is 1. The van der Waals surface area contributed by atoms with E-state index in [2.05, 4.69) is 18.3 Å². The highest BCUT2D eigenvalue weighted by Gasteiger charge is 2.35. The molecule has 0 aromatic carbocycles. The number of carbonyl (C=O) groups excluding carboxylic acids is 1. The number of carbonyl (C=O) groups is 1. The average molecular weight is 254 g/mol. The first-order chi connectivity index (χ1) is 8.62. The van der Waals surface area contributed by atoms with Crippen LogP contribution in [0.25, 0.3) is 0 Å². The molecule has 0 spiro atoms. The molecule has 1 saturated carbocycles. The second-order valence-electron chi connectivity index (χ2n) is 4.97. The van der Waals surface area contributed by atoms with E-state index in [9.17, 15) is 10.1 Å². The van der Waals surface area contributed by atoms with Gasteiger partial charge in [0.2, 0.25) is 5.91 Å². The SMILES string of the molecule is COCCOCC(=O)NC1(C#N)CCC(C)CC1. The Morgan fingerprint density at radius 1 is 1.44 bits per heavy atom. The Labute approximate surface area is 108 Å². The van der Waals surface area contributed by atoms with Crippen molar-refractivity contribution < 1.29 is 14.3 Å².